The minimum absolute atomic E-state index is 0.290. The van der Waals surface area contributed by atoms with Gasteiger partial charge in [0.15, 0.2) is 6.29 Å². The van der Waals surface area contributed by atoms with E-state index in [0.717, 1.165) is 19.1 Å². The monoisotopic (exact) mass is 228 g/mol. The summed E-state index contributed by atoms with van der Waals surface area (Å²) in [5.74, 6) is 0. The number of imidazole rings is 1. The maximum Gasteiger partial charge on any atom is 0.168 e. The standard InChI is InChI=1S/C14H16N2O/c1-12(16-11-15-9-14(16)10-17)7-8-13-5-3-2-4-6-13/h2-6,9-12H,7-8H2,1H3. The van der Waals surface area contributed by atoms with Gasteiger partial charge in [-0.05, 0) is 25.3 Å². The number of hydrogen-bond donors (Lipinski definition) is 0. The van der Waals surface area contributed by atoms with E-state index in [1.165, 1.54) is 5.56 Å². The zero-order chi connectivity index (χ0) is 12.1. The lowest BCUT2D eigenvalue weighted by Gasteiger charge is -2.14. The van der Waals surface area contributed by atoms with Crippen LogP contribution in [0.2, 0.25) is 0 Å². The van der Waals surface area contributed by atoms with Crippen molar-refractivity contribution in [2.24, 2.45) is 0 Å². The molecule has 1 unspecified atom stereocenters. The van der Waals surface area contributed by atoms with Gasteiger partial charge in [0, 0.05) is 6.04 Å². The molecule has 17 heavy (non-hydrogen) atoms. The zero-order valence-corrected chi connectivity index (χ0v) is 9.91. The average Bonchev–Trinajstić information content (AvgIpc) is 2.85. The van der Waals surface area contributed by atoms with E-state index in [9.17, 15) is 4.79 Å². The van der Waals surface area contributed by atoms with Gasteiger partial charge in [0.25, 0.3) is 0 Å². The first-order valence-corrected chi connectivity index (χ1v) is 5.82. The Morgan fingerprint density at radius 3 is 2.82 bits per heavy atom. The van der Waals surface area contributed by atoms with Crippen LogP contribution in [0, 0.1) is 0 Å². The van der Waals surface area contributed by atoms with Crippen molar-refractivity contribution in [1.82, 2.24) is 9.55 Å². The predicted octanol–water partition coefficient (Wildman–Crippen LogP) is 2.89. The minimum Gasteiger partial charge on any atom is -0.326 e. The molecule has 0 amide bonds. The molecule has 0 radical (unpaired) electrons. The summed E-state index contributed by atoms with van der Waals surface area (Å²) in [6.45, 7) is 2.11. The fraction of sp³-hybridized carbons (Fsp3) is 0.286. The number of aryl methyl sites for hydroxylation is 1. The van der Waals surface area contributed by atoms with Gasteiger partial charge >= 0.3 is 0 Å². The Bertz CT molecular complexity index is 476. The van der Waals surface area contributed by atoms with Crippen molar-refractivity contribution in [2.45, 2.75) is 25.8 Å². The lowest BCUT2D eigenvalue weighted by atomic mass is 10.1. The molecule has 0 spiro atoms. The second-order valence-electron chi connectivity index (χ2n) is 4.22. The number of rotatable bonds is 5. The van der Waals surface area contributed by atoms with E-state index in [1.807, 2.05) is 22.8 Å². The molecule has 0 aliphatic carbocycles. The summed E-state index contributed by atoms with van der Waals surface area (Å²) in [6, 6.07) is 10.7. The second-order valence-corrected chi connectivity index (χ2v) is 4.22. The normalized spacial score (nSPS) is 12.3. The smallest absolute Gasteiger partial charge is 0.168 e. The maximum absolute atomic E-state index is 10.8. The number of carbonyl (C=O) groups is 1. The molecular weight excluding hydrogens is 212 g/mol. The molecule has 2 rings (SSSR count). The van der Waals surface area contributed by atoms with Gasteiger partial charge in [0.1, 0.15) is 5.69 Å². The molecule has 0 fully saturated rings. The number of benzene rings is 1. The van der Waals surface area contributed by atoms with E-state index in [2.05, 4.69) is 24.0 Å². The highest BCUT2D eigenvalue weighted by Crippen LogP contribution is 2.16. The van der Waals surface area contributed by atoms with Gasteiger partial charge in [0.05, 0.1) is 12.5 Å². The molecule has 1 atom stereocenters. The molecule has 0 aliphatic heterocycles. The third-order valence-corrected chi connectivity index (χ3v) is 2.99. The van der Waals surface area contributed by atoms with E-state index in [1.54, 1.807) is 12.5 Å². The molecule has 0 aliphatic rings. The molecule has 3 heteroatoms. The predicted molar refractivity (Wildman–Crippen MR) is 67.1 cm³/mol. The first kappa shape index (κ1) is 11.6. The van der Waals surface area contributed by atoms with Crippen LogP contribution in [0.4, 0.5) is 0 Å². The SMILES string of the molecule is CC(CCc1ccccc1)n1cncc1C=O. The van der Waals surface area contributed by atoms with Crippen molar-refractivity contribution < 1.29 is 4.79 Å². The van der Waals surface area contributed by atoms with Gasteiger partial charge in [0.2, 0.25) is 0 Å². The first-order valence-electron chi connectivity index (χ1n) is 5.82. The summed E-state index contributed by atoms with van der Waals surface area (Å²) in [5.41, 5.74) is 1.97. The largest absolute Gasteiger partial charge is 0.326 e. The first-order chi connectivity index (χ1) is 8.31. The van der Waals surface area contributed by atoms with Crippen LogP contribution in [0.5, 0.6) is 0 Å². The molecule has 88 valence electrons. The van der Waals surface area contributed by atoms with Gasteiger partial charge < -0.3 is 4.57 Å². The number of aldehydes is 1. The highest BCUT2D eigenvalue weighted by Gasteiger charge is 2.08. The van der Waals surface area contributed by atoms with Crippen molar-refractivity contribution in [1.29, 1.82) is 0 Å². The maximum atomic E-state index is 10.8. The molecule has 3 nitrogen and oxygen atoms in total. The van der Waals surface area contributed by atoms with Crippen LogP contribution in [0.3, 0.4) is 0 Å². The molecule has 0 N–H and O–H groups in total. The number of carbonyl (C=O) groups excluding carboxylic acids is 1. The van der Waals surface area contributed by atoms with E-state index in [4.69, 9.17) is 0 Å². The highest BCUT2D eigenvalue weighted by atomic mass is 16.1. The van der Waals surface area contributed by atoms with Crippen molar-refractivity contribution in [2.75, 3.05) is 0 Å². The summed E-state index contributed by atoms with van der Waals surface area (Å²) < 4.78 is 1.93. The van der Waals surface area contributed by atoms with Crippen LogP contribution in [-0.4, -0.2) is 15.8 Å². The summed E-state index contributed by atoms with van der Waals surface area (Å²) in [7, 11) is 0. The molecule has 1 aromatic carbocycles. The summed E-state index contributed by atoms with van der Waals surface area (Å²) in [5, 5.41) is 0. The molecule has 0 bridgehead atoms. The van der Waals surface area contributed by atoms with Gasteiger partial charge in [-0.1, -0.05) is 30.3 Å². The third-order valence-electron chi connectivity index (χ3n) is 2.99. The molecule has 1 aromatic heterocycles. The lowest BCUT2D eigenvalue weighted by molar-refractivity contribution is 0.111. The Labute approximate surface area is 101 Å². The van der Waals surface area contributed by atoms with Crippen LogP contribution < -0.4 is 0 Å². The zero-order valence-electron chi connectivity index (χ0n) is 9.91. The average molecular weight is 228 g/mol. The Morgan fingerprint density at radius 2 is 2.12 bits per heavy atom. The van der Waals surface area contributed by atoms with Crippen LogP contribution in [-0.2, 0) is 6.42 Å². The fourth-order valence-electron chi connectivity index (χ4n) is 1.93. The number of nitrogens with zero attached hydrogens (tertiary/aromatic N) is 2. The lowest BCUT2D eigenvalue weighted by Crippen LogP contribution is -2.08. The van der Waals surface area contributed by atoms with Crippen molar-refractivity contribution >= 4 is 6.29 Å². The quantitative estimate of drug-likeness (QED) is 0.737. The molecule has 1 heterocycles. The van der Waals surface area contributed by atoms with Crippen molar-refractivity contribution in [3.8, 4) is 0 Å². The van der Waals surface area contributed by atoms with Gasteiger partial charge in [-0.25, -0.2) is 4.98 Å². The van der Waals surface area contributed by atoms with E-state index < -0.39 is 0 Å². The third kappa shape index (κ3) is 2.81. The topological polar surface area (TPSA) is 34.9 Å². The van der Waals surface area contributed by atoms with Gasteiger partial charge in [-0.2, -0.15) is 0 Å². The second kappa shape index (κ2) is 5.43. The van der Waals surface area contributed by atoms with E-state index >= 15 is 0 Å². The summed E-state index contributed by atoms with van der Waals surface area (Å²) >= 11 is 0. The van der Waals surface area contributed by atoms with Crippen LogP contribution in [0.15, 0.2) is 42.9 Å². The Balaban J connectivity index is 1.98. The Morgan fingerprint density at radius 1 is 1.35 bits per heavy atom. The fourth-order valence-corrected chi connectivity index (χ4v) is 1.93. The van der Waals surface area contributed by atoms with Crippen molar-refractivity contribution in [3.63, 3.8) is 0 Å². The summed E-state index contributed by atoms with van der Waals surface area (Å²) in [6.07, 6.45) is 6.19. The van der Waals surface area contributed by atoms with Gasteiger partial charge in [-0.15, -0.1) is 0 Å². The molecule has 0 saturated heterocycles. The van der Waals surface area contributed by atoms with Crippen molar-refractivity contribution in [3.05, 3.63) is 54.1 Å². The number of hydrogen-bond acceptors (Lipinski definition) is 2. The van der Waals surface area contributed by atoms with Crippen LogP contribution >= 0.6 is 0 Å². The van der Waals surface area contributed by atoms with E-state index in [-0.39, 0.29) is 6.04 Å². The van der Waals surface area contributed by atoms with Crippen LogP contribution in [0.1, 0.15) is 35.4 Å². The Kier molecular flexibility index (Phi) is 3.70. The summed E-state index contributed by atoms with van der Waals surface area (Å²) in [4.78, 5) is 14.8. The molecular formula is C14H16N2O. The van der Waals surface area contributed by atoms with Gasteiger partial charge in [-0.3, -0.25) is 4.79 Å². The molecule has 0 saturated carbocycles. The van der Waals surface area contributed by atoms with Crippen LogP contribution in [0.25, 0.3) is 0 Å². The minimum atomic E-state index is 0.290. The van der Waals surface area contributed by atoms with E-state index in [0.29, 0.717) is 5.69 Å². The molecule has 2 aromatic rings. The number of aromatic nitrogens is 2. The highest BCUT2D eigenvalue weighted by molar-refractivity contribution is 5.71. The Hall–Kier alpha value is -1.90.